The van der Waals surface area contributed by atoms with Crippen LogP contribution < -0.4 is 0 Å². The number of phenolic OH excluding ortho intramolecular Hbond substituents is 2. The fraction of sp³-hybridized carbons (Fsp3) is 0.0833. The topological polar surface area (TPSA) is 168 Å². The van der Waals surface area contributed by atoms with Crippen molar-refractivity contribution >= 4 is 40.8 Å². The minimum atomic E-state index is -1.43. The highest BCUT2D eigenvalue weighted by atomic mass is 35.5. The Morgan fingerprint density at radius 1 is 1.03 bits per heavy atom. The fourth-order valence-corrected chi connectivity index (χ4v) is 3.91. The fourth-order valence-electron chi connectivity index (χ4n) is 3.73. The average molecular weight is 480 g/mol. The van der Waals surface area contributed by atoms with Gasteiger partial charge in [-0.25, -0.2) is 4.98 Å². The van der Waals surface area contributed by atoms with E-state index in [0.29, 0.717) is 16.6 Å². The average Bonchev–Trinajstić information content (AvgIpc) is 3.22. The first-order valence-corrected chi connectivity index (χ1v) is 10.4. The first kappa shape index (κ1) is 22.8. The summed E-state index contributed by atoms with van der Waals surface area (Å²) in [5.41, 5.74) is 2.14. The molecule has 0 saturated carbocycles. The van der Waals surface area contributed by atoms with Crippen LogP contribution in [0.15, 0.2) is 48.5 Å². The third kappa shape index (κ3) is 4.28. The predicted octanol–water partition coefficient (Wildman–Crippen LogP) is 4.60. The number of H-pyrrole nitrogens is 1. The van der Waals surface area contributed by atoms with Crippen LogP contribution in [0.5, 0.6) is 11.5 Å². The summed E-state index contributed by atoms with van der Waals surface area (Å²) in [6, 6.07) is 11.9. The minimum Gasteiger partial charge on any atom is -0.507 e. The molecule has 3 aromatic carbocycles. The molecule has 34 heavy (non-hydrogen) atoms. The largest absolute Gasteiger partial charge is 0.507 e. The number of aromatic hydroxyl groups is 2. The molecule has 0 aliphatic heterocycles. The molecule has 0 bridgehead atoms. The van der Waals surface area contributed by atoms with Crippen LogP contribution >= 0.6 is 11.6 Å². The zero-order valence-electron chi connectivity index (χ0n) is 17.4. The highest BCUT2D eigenvalue weighted by molar-refractivity contribution is 6.31. The highest BCUT2D eigenvalue weighted by Crippen LogP contribution is 2.44. The molecule has 0 radical (unpaired) electrons. The number of imidazole rings is 1. The van der Waals surface area contributed by atoms with Gasteiger partial charge in [0.2, 0.25) is 0 Å². The number of fused-ring (bicyclic) bond motifs is 1. The van der Waals surface area contributed by atoms with Crippen molar-refractivity contribution < 1.29 is 30.0 Å². The zero-order valence-corrected chi connectivity index (χ0v) is 18.2. The number of carboxylic acid groups (broad SMARTS) is 2. The first-order valence-electron chi connectivity index (χ1n) is 9.99. The summed E-state index contributed by atoms with van der Waals surface area (Å²) >= 11 is 6.08. The number of hydrogen-bond acceptors (Lipinski definition) is 6. The van der Waals surface area contributed by atoms with Crippen LogP contribution in [0, 0.1) is 5.41 Å². The molecule has 1 unspecified atom stereocenters. The van der Waals surface area contributed by atoms with Crippen LogP contribution in [-0.2, 0) is 9.59 Å². The third-order valence-corrected chi connectivity index (χ3v) is 5.62. The summed E-state index contributed by atoms with van der Waals surface area (Å²) in [5, 5.41) is 48.2. The number of aliphatic carboxylic acids is 2. The lowest BCUT2D eigenvalue weighted by Crippen LogP contribution is -2.16. The van der Waals surface area contributed by atoms with Gasteiger partial charge in [-0.05, 0) is 53.6 Å². The Hall–Kier alpha value is -4.37. The van der Waals surface area contributed by atoms with Crippen LogP contribution in [0.2, 0.25) is 5.02 Å². The van der Waals surface area contributed by atoms with E-state index in [4.69, 9.17) is 17.0 Å². The van der Waals surface area contributed by atoms with Gasteiger partial charge >= 0.3 is 11.9 Å². The summed E-state index contributed by atoms with van der Waals surface area (Å²) < 4.78 is 0. The number of nitrogens with one attached hydrogen (secondary N) is 2. The lowest BCUT2D eigenvalue weighted by atomic mass is 9.89. The molecule has 1 aromatic heterocycles. The number of hydrogen-bond donors (Lipinski definition) is 6. The molecule has 4 aromatic rings. The van der Waals surface area contributed by atoms with Gasteiger partial charge < -0.3 is 30.8 Å². The standard InChI is InChI=1S/C24H18ClN3O6/c25-13-2-4-20(29)15(8-13)16-6-12(14(24(33)34)9-21(30)31)7-17(22(16)32)23-27-18-3-1-11(10-26)5-19(18)28-23/h1-8,10,14,26,29,32H,9H2,(H,27,28)(H,30,31)(H,33,34). The third-order valence-electron chi connectivity index (χ3n) is 5.39. The molecule has 0 fully saturated rings. The van der Waals surface area contributed by atoms with E-state index >= 15 is 0 Å². The maximum Gasteiger partial charge on any atom is 0.311 e. The molecule has 10 heteroatoms. The van der Waals surface area contributed by atoms with E-state index in [1.54, 1.807) is 18.2 Å². The Bertz CT molecular complexity index is 1460. The quantitative estimate of drug-likeness (QED) is 0.210. The van der Waals surface area contributed by atoms with E-state index in [9.17, 15) is 30.0 Å². The molecule has 172 valence electrons. The second-order valence-electron chi connectivity index (χ2n) is 7.62. The molecule has 4 rings (SSSR count). The lowest BCUT2D eigenvalue weighted by molar-refractivity contribution is -0.145. The number of halogens is 1. The van der Waals surface area contributed by atoms with Gasteiger partial charge in [-0.15, -0.1) is 0 Å². The van der Waals surface area contributed by atoms with Crippen molar-refractivity contribution in [3.05, 3.63) is 64.7 Å². The van der Waals surface area contributed by atoms with Crippen LogP contribution in [0.25, 0.3) is 33.5 Å². The van der Waals surface area contributed by atoms with Gasteiger partial charge in [-0.3, -0.25) is 9.59 Å². The molecular formula is C24H18ClN3O6. The normalized spacial score (nSPS) is 11.9. The molecule has 1 heterocycles. The monoisotopic (exact) mass is 479 g/mol. The van der Waals surface area contributed by atoms with Crippen molar-refractivity contribution in [1.82, 2.24) is 9.97 Å². The Morgan fingerprint density at radius 2 is 1.76 bits per heavy atom. The number of nitrogens with zero attached hydrogens (tertiary/aromatic N) is 1. The van der Waals surface area contributed by atoms with E-state index in [1.807, 2.05) is 0 Å². The Morgan fingerprint density at radius 3 is 2.44 bits per heavy atom. The van der Waals surface area contributed by atoms with E-state index in [-0.39, 0.29) is 44.6 Å². The molecule has 1 atom stereocenters. The number of rotatable bonds is 7. The molecular weight excluding hydrogens is 462 g/mol. The second-order valence-corrected chi connectivity index (χ2v) is 8.06. The number of phenols is 2. The SMILES string of the molecule is N=Cc1ccc2nc(-c3cc(C(CC(=O)O)C(=O)O)cc(-c4cc(Cl)ccc4O)c3O)[nH]c2c1. The van der Waals surface area contributed by atoms with Gasteiger partial charge in [0.05, 0.1) is 28.9 Å². The minimum absolute atomic E-state index is 0.0600. The van der Waals surface area contributed by atoms with Crippen molar-refractivity contribution in [1.29, 1.82) is 5.41 Å². The number of carbonyl (C=O) groups is 2. The Balaban J connectivity index is 2.00. The molecule has 0 amide bonds. The van der Waals surface area contributed by atoms with E-state index in [2.05, 4.69) is 9.97 Å². The summed E-state index contributed by atoms with van der Waals surface area (Å²) in [4.78, 5) is 30.7. The number of benzene rings is 3. The van der Waals surface area contributed by atoms with Crippen LogP contribution in [-0.4, -0.2) is 48.5 Å². The number of aromatic amines is 1. The summed E-state index contributed by atoms with van der Waals surface area (Å²) in [7, 11) is 0. The number of carboxylic acids is 2. The van der Waals surface area contributed by atoms with Gasteiger partial charge in [0.1, 0.15) is 17.3 Å². The maximum absolute atomic E-state index is 11.9. The Kier molecular flexibility index (Phi) is 5.95. The number of aromatic nitrogens is 2. The summed E-state index contributed by atoms with van der Waals surface area (Å²) in [6.45, 7) is 0. The van der Waals surface area contributed by atoms with Crippen molar-refractivity contribution in [3.8, 4) is 34.0 Å². The Labute approximate surface area is 197 Å². The predicted molar refractivity (Wildman–Crippen MR) is 126 cm³/mol. The summed E-state index contributed by atoms with van der Waals surface area (Å²) in [6.07, 6.45) is 0.477. The van der Waals surface area contributed by atoms with Crippen LogP contribution in [0.4, 0.5) is 0 Å². The molecule has 9 nitrogen and oxygen atoms in total. The lowest BCUT2D eigenvalue weighted by Gasteiger charge is -2.17. The van der Waals surface area contributed by atoms with E-state index in [0.717, 1.165) is 0 Å². The molecule has 0 aliphatic carbocycles. The zero-order chi connectivity index (χ0) is 24.6. The van der Waals surface area contributed by atoms with Gasteiger partial charge in [0.15, 0.2) is 0 Å². The van der Waals surface area contributed by atoms with Crippen LogP contribution in [0.1, 0.15) is 23.5 Å². The van der Waals surface area contributed by atoms with Gasteiger partial charge in [-0.1, -0.05) is 17.7 Å². The first-order chi connectivity index (χ1) is 16.2. The molecule has 6 N–H and O–H groups in total. The smallest absolute Gasteiger partial charge is 0.311 e. The maximum atomic E-state index is 11.9. The second kappa shape index (κ2) is 8.87. The van der Waals surface area contributed by atoms with Crippen LogP contribution in [0.3, 0.4) is 0 Å². The van der Waals surface area contributed by atoms with Gasteiger partial charge in [0.25, 0.3) is 0 Å². The highest BCUT2D eigenvalue weighted by Gasteiger charge is 2.27. The van der Waals surface area contributed by atoms with Gasteiger partial charge in [0, 0.05) is 22.4 Å². The van der Waals surface area contributed by atoms with Crippen molar-refractivity contribution in [2.75, 3.05) is 0 Å². The van der Waals surface area contributed by atoms with E-state index in [1.165, 1.54) is 36.5 Å². The van der Waals surface area contributed by atoms with E-state index < -0.39 is 24.3 Å². The molecule has 0 spiro atoms. The van der Waals surface area contributed by atoms with Crippen molar-refractivity contribution in [2.45, 2.75) is 12.3 Å². The van der Waals surface area contributed by atoms with Crippen molar-refractivity contribution in [2.24, 2.45) is 0 Å². The van der Waals surface area contributed by atoms with Crippen molar-refractivity contribution in [3.63, 3.8) is 0 Å². The molecule has 0 saturated heterocycles. The summed E-state index contributed by atoms with van der Waals surface area (Å²) in [5.74, 6) is -4.43. The van der Waals surface area contributed by atoms with Gasteiger partial charge in [-0.2, -0.15) is 0 Å². The molecule has 0 aliphatic rings.